The molecule has 0 saturated heterocycles. The van der Waals surface area contributed by atoms with Crippen LogP contribution in [0.3, 0.4) is 0 Å². The zero-order valence-corrected chi connectivity index (χ0v) is 17.1. The molecule has 8 heteroatoms. The second-order valence-corrected chi connectivity index (χ2v) is 8.64. The highest BCUT2D eigenvalue weighted by atomic mass is 32.2. The smallest absolute Gasteiger partial charge is 0.242 e. The molecule has 0 heterocycles. The standard InChI is InChI=1S/C20H25FN2O4S/c1-23(2)28(25,26)18-9-10-19(27-3)16(14-18)6-11-20(24)22-13-12-15-4-7-17(21)8-5-15/h4-5,7-10,14H,6,11-13H2,1-3H3,(H,22,24). The Labute approximate surface area is 165 Å². The van der Waals surface area contributed by atoms with E-state index < -0.39 is 10.0 Å². The highest BCUT2D eigenvalue weighted by Crippen LogP contribution is 2.25. The zero-order valence-electron chi connectivity index (χ0n) is 16.2. The van der Waals surface area contributed by atoms with Gasteiger partial charge in [-0.05, 0) is 54.3 Å². The molecule has 0 radical (unpaired) electrons. The third kappa shape index (κ3) is 5.77. The molecule has 1 N–H and O–H groups in total. The van der Waals surface area contributed by atoms with Crippen LogP contribution in [-0.2, 0) is 27.7 Å². The number of hydrogen-bond donors (Lipinski definition) is 1. The summed E-state index contributed by atoms with van der Waals surface area (Å²) in [4.78, 5) is 12.3. The lowest BCUT2D eigenvalue weighted by Gasteiger charge is -2.14. The van der Waals surface area contributed by atoms with Crippen LogP contribution in [0, 0.1) is 5.82 Å². The van der Waals surface area contributed by atoms with Gasteiger partial charge < -0.3 is 10.1 Å². The molecule has 0 saturated carbocycles. The molecule has 28 heavy (non-hydrogen) atoms. The number of rotatable bonds is 9. The summed E-state index contributed by atoms with van der Waals surface area (Å²) in [5.74, 6) is 0.0992. The highest BCUT2D eigenvalue weighted by Gasteiger charge is 2.19. The molecular formula is C20H25FN2O4S. The maximum Gasteiger partial charge on any atom is 0.242 e. The van der Waals surface area contributed by atoms with Crippen LogP contribution >= 0.6 is 0 Å². The minimum absolute atomic E-state index is 0.148. The predicted molar refractivity (Wildman–Crippen MR) is 105 cm³/mol. The summed E-state index contributed by atoms with van der Waals surface area (Å²) in [6.45, 7) is 0.441. The Morgan fingerprint density at radius 1 is 1.11 bits per heavy atom. The molecule has 152 valence electrons. The molecular weight excluding hydrogens is 383 g/mol. The summed E-state index contributed by atoms with van der Waals surface area (Å²) in [6.07, 6.45) is 1.15. The van der Waals surface area contributed by atoms with Crippen molar-refractivity contribution in [2.75, 3.05) is 27.7 Å². The number of amides is 1. The third-order valence-electron chi connectivity index (χ3n) is 4.30. The van der Waals surface area contributed by atoms with E-state index in [0.29, 0.717) is 30.7 Å². The fourth-order valence-corrected chi connectivity index (χ4v) is 3.61. The molecule has 2 rings (SSSR count). The largest absolute Gasteiger partial charge is 0.496 e. The average Bonchev–Trinajstić information content (AvgIpc) is 2.67. The first-order valence-electron chi connectivity index (χ1n) is 8.84. The fourth-order valence-electron chi connectivity index (χ4n) is 2.66. The van der Waals surface area contributed by atoms with Crippen LogP contribution in [0.25, 0.3) is 0 Å². The van der Waals surface area contributed by atoms with Crippen molar-refractivity contribution in [2.24, 2.45) is 0 Å². The second-order valence-electron chi connectivity index (χ2n) is 6.49. The molecule has 0 bridgehead atoms. The van der Waals surface area contributed by atoms with E-state index in [-0.39, 0.29) is 23.0 Å². The Morgan fingerprint density at radius 2 is 1.79 bits per heavy atom. The van der Waals surface area contributed by atoms with Gasteiger partial charge in [0.05, 0.1) is 12.0 Å². The molecule has 2 aromatic carbocycles. The summed E-state index contributed by atoms with van der Waals surface area (Å²) in [7, 11) is 0.874. The number of methoxy groups -OCH3 is 1. The maximum atomic E-state index is 12.9. The Balaban J connectivity index is 1.95. The first-order valence-corrected chi connectivity index (χ1v) is 10.3. The van der Waals surface area contributed by atoms with E-state index in [1.165, 1.54) is 39.4 Å². The monoisotopic (exact) mass is 408 g/mol. The van der Waals surface area contributed by atoms with Crippen LogP contribution in [0.1, 0.15) is 17.5 Å². The number of benzene rings is 2. The number of aryl methyl sites for hydroxylation is 1. The fraction of sp³-hybridized carbons (Fsp3) is 0.350. The van der Waals surface area contributed by atoms with Gasteiger partial charge in [0, 0.05) is 27.1 Å². The number of sulfonamides is 1. The van der Waals surface area contributed by atoms with Gasteiger partial charge >= 0.3 is 0 Å². The number of carbonyl (C=O) groups excluding carboxylic acids is 1. The SMILES string of the molecule is COc1ccc(S(=O)(=O)N(C)C)cc1CCC(=O)NCCc1ccc(F)cc1. The average molecular weight is 408 g/mol. The minimum Gasteiger partial charge on any atom is -0.496 e. The quantitative estimate of drug-likeness (QED) is 0.691. The summed E-state index contributed by atoms with van der Waals surface area (Å²) >= 11 is 0. The molecule has 0 aliphatic heterocycles. The van der Waals surface area contributed by atoms with Gasteiger partial charge in [0.15, 0.2) is 0 Å². The number of hydrogen-bond acceptors (Lipinski definition) is 4. The normalized spacial score (nSPS) is 11.5. The van der Waals surface area contributed by atoms with Gasteiger partial charge in [-0.15, -0.1) is 0 Å². The van der Waals surface area contributed by atoms with Crippen LogP contribution < -0.4 is 10.1 Å². The first kappa shape index (κ1) is 21.8. The first-order chi connectivity index (χ1) is 13.2. The van der Waals surface area contributed by atoms with E-state index in [2.05, 4.69) is 5.32 Å². The Morgan fingerprint density at radius 3 is 2.39 bits per heavy atom. The number of nitrogens with one attached hydrogen (secondary N) is 1. The predicted octanol–water partition coefficient (Wildman–Crippen LogP) is 2.38. The number of halogens is 1. The molecule has 0 aliphatic rings. The number of carbonyl (C=O) groups is 1. The van der Waals surface area contributed by atoms with Crippen molar-refractivity contribution in [1.82, 2.24) is 9.62 Å². The number of ether oxygens (including phenoxy) is 1. The van der Waals surface area contributed by atoms with Crippen LogP contribution in [0.4, 0.5) is 4.39 Å². The van der Waals surface area contributed by atoms with Crippen molar-refractivity contribution in [2.45, 2.75) is 24.2 Å². The highest BCUT2D eigenvalue weighted by molar-refractivity contribution is 7.89. The topological polar surface area (TPSA) is 75.7 Å². The summed E-state index contributed by atoms with van der Waals surface area (Å²) in [6, 6.07) is 10.8. The number of nitrogens with zero attached hydrogens (tertiary/aromatic N) is 1. The molecule has 6 nitrogen and oxygen atoms in total. The van der Waals surface area contributed by atoms with Gasteiger partial charge in [-0.2, -0.15) is 0 Å². The Hall–Kier alpha value is -2.45. The van der Waals surface area contributed by atoms with Gasteiger partial charge in [-0.3, -0.25) is 4.79 Å². The van der Waals surface area contributed by atoms with Crippen molar-refractivity contribution in [1.29, 1.82) is 0 Å². The third-order valence-corrected chi connectivity index (χ3v) is 6.11. The van der Waals surface area contributed by atoms with Crippen molar-refractivity contribution in [3.05, 3.63) is 59.4 Å². The second kappa shape index (κ2) is 9.66. The molecule has 0 aromatic heterocycles. The lowest BCUT2D eigenvalue weighted by Crippen LogP contribution is -2.26. The van der Waals surface area contributed by atoms with Crippen LogP contribution in [0.15, 0.2) is 47.4 Å². The van der Waals surface area contributed by atoms with Gasteiger partial charge in [0.2, 0.25) is 15.9 Å². The van der Waals surface area contributed by atoms with Crippen molar-refractivity contribution < 1.29 is 22.3 Å². The van der Waals surface area contributed by atoms with Gasteiger partial charge in [0.1, 0.15) is 11.6 Å². The lowest BCUT2D eigenvalue weighted by atomic mass is 10.1. The Kier molecular flexibility index (Phi) is 7.53. The van der Waals surface area contributed by atoms with Crippen molar-refractivity contribution in [3.8, 4) is 5.75 Å². The minimum atomic E-state index is -3.56. The summed E-state index contributed by atoms with van der Waals surface area (Å²) in [5.41, 5.74) is 1.59. The van der Waals surface area contributed by atoms with E-state index >= 15 is 0 Å². The van der Waals surface area contributed by atoms with Crippen LogP contribution in [-0.4, -0.2) is 46.4 Å². The van der Waals surface area contributed by atoms with Crippen LogP contribution in [0.5, 0.6) is 5.75 Å². The van der Waals surface area contributed by atoms with Crippen molar-refractivity contribution >= 4 is 15.9 Å². The molecule has 1 amide bonds. The molecule has 0 unspecified atom stereocenters. The molecule has 0 spiro atoms. The Bertz CT molecular complexity index is 912. The van der Waals surface area contributed by atoms with Crippen LogP contribution in [0.2, 0.25) is 0 Å². The molecule has 0 aliphatic carbocycles. The molecule has 0 fully saturated rings. The van der Waals surface area contributed by atoms with E-state index in [0.717, 1.165) is 9.87 Å². The van der Waals surface area contributed by atoms with E-state index in [9.17, 15) is 17.6 Å². The van der Waals surface area contributed by atoms with E-state index in [4.69, 9.17) is 4.74 Å². The van der Waals surface area contributed by atoms with Gasteiger partial charge in [-0.1, -0.05) is 12.1 Å². The summed E-state index contributed by atoms with van der Waals surface area (Å²) in [5, 5.41) is 2.82. The van der Waals surface area contributed by atoms with E-state index in [1.54, 1.807) is 24.3 Å². The van der Waals surface area contributed by atoms with E-state index in [1.807, 2.05) is 0 Å². The van der Waals surface area contributed by atoms with Gasteiger partial charge in [-0.25, -0.2) is 17.1 Å². The lowest BCUT2D eigenvalue weighted by molar-refractivity contribution is -0.121. The van der Waals surface area contributed by atoms with Gasteiger partial charge in [0.25, 0.3) is 0 Å². The molecule has 0 atom stereocenters. The van der Waals surface area contributed by atoms with Crippen molar-refractivity contribution in [3.63, 3.8) is 0 Å². The molecule has 2 aromatic rings. The summed E-state index contributed by atoms with van der Waals surface area (Å²) < 4.78 is 43.9. The zero-order chi connectivity index (χ0) is 20.7. The maximum absolute atomic E-state index is 12.9.